The summed E-state index contributed by atoms with van der Waals surface area (Å²) in [6, 6.07) is 9.34. The first-order chi connectivity index (χ1) is 11.1. The molecule has 1 heterocycles. The Bertz CT molecular complexity index is 746. The van der Waals surface area contributed by atoms with Crippen molar-refractivity contribution >= 4 is 11.6 Å². The predicted octanol–water partition coefficient (Wildman–Crippen LogP) is 3.50. The average molecular weight is 317 g/mol. The van der Waals surface area contributed by atoms with Crippen LogP contribution in [0.1, 0.15) is 17.5 Å². The Kier molecular flexibility index (Phi) is 4.28. The highest BCUT2D eigenvalue weighted by atomic mass is 19.1. The summed E-state index contributed by atoms with van der Waals surface area (Å²) in [5.41, 5.74) is 1.57. The number of benzene rings is 2. The number of carbonyl (C=O) groups is 1. The van der Waals surface area contributed by atoms with Crippen LogP contribution >= 0.6 is 0 Å². The van der Waals surface area contributed by atoms with Crippen molar-refractivity contribution in [3.63, 3.8) is 0 Å². The number of methoxy groups -OCH3 is 1. The molecule has 3 rings (SSSR count). The molecule has 120 valence electrons. The van der Waals surface area contributed by atoms with E-state index in [0.29, 0.717) is 36.4 Å². The molecule has 0 N–H and O–H groups in total. The Morgan fingerprint density at radius 1 is 1.26 bits per heavy atom. The lowest BCUT2D eigenvalue weighted by atomic mass is 10.00. The maximum atomic E-state index is 13.9. The predicted molar refractivity (Wildman–Crippen MR) is 83.7 cm³/mol. The first-order valence-electron chi connectivity index (χ1n) is 7.49. The van der Waals surface area contributed by atoms with Crippen LogP contribution in [-0.4, -0.2) is 19.6 Å². The summed E-state index contributed by atoms with van der Waals surface area (Å²) in [5.74, 6) is -0.753. The van der Waals surface area contributed by atoms with Gasteiger partial charge in [0.1, 0.15) is 17.4 Å². The molecule has 0 aromatic heterocycles. The van der Waals surface area contributed by atoms with Gasteiger partial charge in [0, 0.05) is 18.2 Å². The monoisotopic (exact) mass is 317 g/mol. The molecule has 0 bridgehead atoms. The highest BCUT2D eigenvalue weighted by molar-refractivity contribution is 5.96. The van der Waals surface area contributed by atoms with Crippen molar-refractivity contribution in [1.29, 1.82) is 0 Å². The van der Waals surface area contributed by atoms with Gasteiger partial charge in [0.05, 0.1) is 19.2 Å². The minimum atomic E-state index is -0.665. The Morgan fingerprint density at radius 2 is 2.09 bits per heavy atom. The normalized spacial score (nSPS) is 13.6. The number of nitrogens with zero attached hydrogens (tertiary/aromatic N) is 1. The number of ether oxygens (including phenoxy) is 1. The number of carbonyl (C=O) groups excluding carboxylic acids is 1. The second-order valence-electron chi connectivity index (χ2n) is 5.56. The molecule has 0 spiro atoms. The summed E-state index contributed by atoms with van der Waals surface area (Å²) in [4.78, 5) is 14.1. The second kappa shape index (κ2) is 6.36. The molecule has 0 saturated carbocycles. The van der Waals surface area contributed by atoms with E-state index in [4.69, 9.17) is 4.74 Å². The standard InChI is InChI=1S/C18H17F2NO2/c1-23-14-5-2-4-12(8-14)9-18(22)21-7-3-6-15-16(20)10-13(19)11-17(15)21/h2,4-5,8,10-11H,3,6-7,9H2,1H3. The molecular formula is C18H17F2NO2. The topological polar surface area (TPSA) is 29.5 Å². The average Bonchev–Trinajstić information content (AvgIpc) is 2.54. The minimum absolute atomic E-state index is 0.161. The van der Waals surface area contributed by atoms with Crippen LogP contribution in [0.2, 0.25) is 0 Å². The second-order valence-corrected chi connectivity index (χ2v) is 5.56. The third kappa shape index (κ3) is 3.18. The van der Waals surface area contributed by atoms with Crippen LogP contribution in [0.15, 0.2) is 36.4 Å². The lowest BCUT2D eigenvalue weighted by molar-refractivity contribution is -0.118. The van der Waals surface area contributed by atoms with Crippen molar-refractivity contribution in [3.05, 3.63) is 59.2 Å². The van der Waals surface area contributed by atoms with E-state index in [-0.39, 0.29) is 12.3 Å². The molecule has 5 heteroatoms. The molecule has 3 nitrogen and oxygen atoms in total. The molecule has 0 atom stereocenters. The molecule has 23 heavy (non-hydrogen) atoms. The van der Waals surface area contributed by atoms with Gasteiger partial charge in [-0.05, 0) is 36.6 Å². The molecule has 0 saturated heterocycles. The molecule has 1 aliphatic heterocycles. The maximum absolute atomic E-state index is 13.9. The first kappa shape index (κ1) is 15.5. The van der Waals surface area contributed by atoms with E-state index >= 15 is 0 Å². The SMILES string of the molecule is COc1cccc(CC(=O)N2CCCc3c(F)cc(F)cc32)c1. The van der Waals surface area contributed by atoms with E-state index in [0.717, 1.165) is 11.6 Å². The lowest BCUT2D eigenvalue weighted by Gasteiger charge is -2.30. The molecule has 0 unspecified atom stereocenters. The zero-order valence-corrected chi connectivity index (χ0v) is 12.8. The fourth-order valence-corrected chi connectivity index (χ4v) is 2.92. The van der Waals surface area contributed by atoms with Crippen molar-refractivity contribution in [1.82, 2.24) is 0 Å². The summed E-state index contributed by atoms with van der Waals surface area (Å²) < 4.78 is 32.6. The van der Waals surface area contributed by atoms with Crippen LogP contribution in [0.4, 0.5) is 14.5 Å². The van der Waals surface area contributed by atoms with Gasteiger partial charge in [-0.15, -0.1) is 0 Å². The molecule has 0 aliphatic carbocycles. The molecule has 0 fully saturated rings. The van der Waals surface area contributed by atoms with Gasteiger partial charge in [0.25, 0.3) is 0 Å². The van der Waals surface area contributed by atoms with E-state index < -0.39 is 11.6 Å². The highest BCUT2D eigenvalue weighted by Gasteiger charge is 2.25. The van der Waals surface area contributed by atoms with Gasteiger partial charge in [0.2, 0.25) is 5.91 Å². The van der Waals surface area contributed by atoms with Crippen molar-refractivity contribution in [2.75, 3.05) is 18.6 Å². The number of hydrogen-bond acceptors (Lipinski definition) is 2. The summed E-state index contributed by atoms with van der Waals surface area (Å²) in [6.45, 7) is 0.471. The highest BCUT2D eigenvalue weighted by Crippen LogP contribution is 2.31. The summed E-state index contributed by atoms with van der Waals surface area (Å²) >= 11 is 0. The Morgan fingerprint density at radius 3 is 2.87 bits per heavy atom. The summed E-state index contributed by atoms with van der Waals surface area (Å²) in [7, 11) is 1.56. The fourth-order valence-electron chi connectivity index (χ4n) is 2.92. The number of anilines is 1. The van der Waals surface area contributed by atoms with Gasteiger partial charge in [-0.3, -0.25) is 4.79 Å². The molecular weight excluding hydrogens is 300 g/mol. The van der Waals surface area contributed by atoms with Crippen molar-refractivity contribution in [2.45, 2.75) is 19.3 Å². The number of rotatable bonds is 3. The summed E-state index contributed by atoms with van der Waals surface area (Å²) in [6.07, 6.45) is 1.35. The van der Waals surface area contributed by atoms with Crippen LogP contribution in [0.25, 0.3) is 0 Å². The Hall–Kier alpha value is -2.43. The molecule has 2 aromatic carbocycles. The maximum Gasteiger partial charge on any atom is 0.231 e. The smallest absolute Gasteiger partial charge is 0.231 e. The number of amides is 1. The van der Waals surface area contributed by atoms with Gasteiger partial charge in [0.15, 0.2) is 0 Å². The molecule has 1 amide bonds. The van der Waals surface area contributed by atoms with E-state index in [1.54, 1.807) is 19.2 Å². The number of fused-ring (bicyclic) bond motifs is 1. The third-order valence-corrected chi connectivity index (χ3v) is 4.03. The van der Waals surface area contributed by atoms with Crippen molar-refractivity contribution in [2.24, 2.45) is 0 Å². The largest absolute Gasteiger partial charge is 0.497 e. The van der Waals surface area contributed by atoms with E-state index in [1.165, 1.54) is 11.0 Å². The quantitative estimate of drug-likeness (QED) is 0.867. The van der Waals surface area contributed by atoms with Gasteiger partial charge in [-0.2, -0.15) is 0 Å². The van der Waals surface area contributed by atoms with Gasteiger partial charge in [-0.25, -0.2) is 8.78 Å². The number of hydrogen-bond donors (Lipinski definition) is 0. The van der Waals surface area contributed by atoms with Gasteiger partial charge >= 0.3 is 0 Å². The van der Waals surface area contributed by atoms with Crippen LogP contribution in [0, 0.1) is 11.6 Å². The molecule has 1 aliphatic rings. The summed E-state index contributed by atoms with van der Waals surface area (Å²) in [5, 5.41) is 0. The molecule has 0 radical (unpaired) electrons. The fraction of sp³-hybridized carbons (Fsp3) is 0.278. The van der Waals surface area contributed by atoms with Crippen LogP contribution in [-0.2, 0) is 17.6 Å². The van der Waals surface area contributed by atoms with Gasteiger partial charge < -0.3 is 9.64 Å². The van der Waals surface area contributed by atoms with Crippen LogP contribution in [0.3, 0.4) is 0 Å². The zero-order valence-electron chi connectivity index (χ0n) is 12.8. The molecule has 2 aromatic rings. The Labute approximate surface area is 133 Å². The van der Waals surface area contributed by atoms with E-state index in [9.17, 15) is 13.6 Å². The zero-order chi connectivity index (χ0) is 16.4. The third-order valence-electron chi connectivity index (χ3n) is 4.03. The van der Waals surface area contributed by atoms with Crippen molar-refractivity contribution in [3.8, 4) is 5.75 Å². The Balaban J connectivity index is 1.87. The lowest BCUT2D eigenvalue weighted by Crippen LogP contribution is -2.37. The van der Waals surface area contributed by atoms with E-state index in [1.807, 2.05) is 12.1 Å². The van der Waals surface area contributed by atoms with Crippen molar-refractivity contribution < 1.29 is 18.3 Å². The van der Waals surface area contributed by atoms with Crippen LogP contribution in [0.5, 0.6) is 5.75 Å². The minimum Gasteiger partial charge on any atom is -0.497 e. The number of halogens is 2. The first-order valence-corrected chi connectivity index (χ1v) is 7.49. The van der Waals surface area contributed by atoms with Gasteiger partial charge in [-0.1, -0.05) is 12.1 Å². The van der Waals surface area contributed by atoms with Crippen LogP contribution < -0.4 is 9.64 Å². The van der Waals surface area contributed by atoms with E-state index in [2.05, 4.69) is 0 Å².